The zero-order valence-electron chi connectivity index (χ0n) is 11.2. The summed E-state index contributed by atoms with van der Waals surface area (Å²) in [6.45, 7) is 1.92. The highest BCUT2D eigenvalue weighted by molar-refractivity contribution is 5.83. The molecule has 0 aliphatic carbocycles. The van der Waals surface area contributed by atoms with Gasteiger partial charge in [-0.25, -0.2) is 4.79 Å². The van der Waals surface area contributed by atoms with Crippen LogP contribution in [0.25, 0.3) is 0 Å². The quantitative estimate of drug-likeness (QED) is 0.815. The van der Waals surface area contributed by atoms with Crippen molar-refractivity contribution in [3.63, 3.8) is 0 Å². The van der Waals surface area contributed by atoms with E-state index in [0.717, 1.165) is 0 Å². The number of aliphatic hydroxyl groups excluding tert-OH is 1. The number of ether oxygens (including phenoxy) is 1. The molecule has 1 heterocycles. The van der Waals surface area contributed by atoms with Gasteiger partial charge in [-0.15, -0.1) is 0 Å². The van der Waals surface area contributed by atoms with Crippen LogP contribution in [-0.4, -0.2) is 52.3 Å². The van der Waals surface area contributed by atoms with Crippen molar-refractivity contribution >= 4 is 11.9 Å². The molecule has 1 amide bonds. The molecule has 1 aromatic rings. The largest absolute Gasteiger partial charge is 0.480 e. The fourth-order valence-corrected chi connectivity index (χ4v) is 2.20. The van der Waals surface area contributed by atoms with E-state index in [0.29, 0.717) is 5.56 Å². The monoisotopic (exact) mass is 279 g/mol. The average molecular weight is 279 g/mol. The molecule has 0 aromatic heterocycles. The van der Waals surface area contributed by atoms with E-state index in [2.05, 4.69) is 0 Å². The van der Waals surface area contributed by atoms with Gasteiger partial charge in [-0.1, -0.05) is 30.3 Å². The highest BCUT2D eigenvalue weighted by Crippen LogP contribution is 2.28. The summed E-state index contributed by atoms with van der Waals surface area (Å²) in [5, 5.41) is 18.5. The minimum Gasteiger partial charge on any atom is -0.480 e. The second-order valence-electron chi connectivity index (χ2n) is 5.14. The van der Waals surface area contributed by atoms with Crippen molar-refractivity contribution in [2.45, 2.75) is 18.6 Å². The first-order valence-corrected chi connectivity index (χ1v) is 6.29. The number of hydrogen-bond donors (Lipinski definition) is 2. The van der Waals surface area contributed by atoms with Crippen LogP contribution >= 0.6 is 0 Å². The molecule has 0 bridgehead atoms. The Balaban J connectivity index is 1.89. The van der Waals surface area contributed by atoms with E-state index in [1.165, 1.54) is 4.90 Å². The molecule has 1 fully saturated rings. The predicted octanol–water partition coefficient (Wildman–Crippen LogP) is 0.422. The van der Waals surface area contributed by atoms with Gasteiger partial charge in [-0.3, -0.25) is 4.79 Å². The van der Waals surface area contributed by atoms with Gasteiger partial charge < -0.3 is 19.8 Å². The summed E-state index contributed by atoms with van der Waals surface area (Å²) in [7, 11) is 0. The third kappa shape index (κ3) is 3.15. The first kappa shape index (κ1) is 14.5. The molecular formula is C14H17NO5. The van der Waals surface area contributed by atoms with Crippen LogP contribution in [0.2, 0.25) is 0 Å². The van der Waals surface area contributed by atoms with Crippen LogP contribution in [0.3, 0.4) is 0 Å². The van der Waals surface area contributed by atoms with Crippen LogP contribution < -0.4 is 0 Å². The molecule has 1 atom stereocenters. The molecule has 1 saturated heterocycles. The van der Waals surface area contributed by atoms with Crippen LogP contribution in [0.5, 0.6) is 0 Å². The number of amides is 1. The summed E-state index contributed by atoms with van der Waals surface area (Å²) < 4.78 is 5.22. The summed E-state index contributed by atoms with van der Waals surface area (Å²) >= 11 is 0. The first-order chi connectivity index (χ1) is 9.41. The molecule has 1 unspecified atom stereocenters. The number of aliphatic carboxylic acids is 1. The molecule has 20 heavy (non-hydrogen) atoms. The van der Waals surface area contributed by atoms with Crippen LogP contribution in [0.4, 0.5) is 0 Å². The second-order valence-corrected chi connectivity index (χ2v) is 5.14. The van der Waals surface area contributed by atoms with Crippen LogP contribution in [-0.2, 0) is 14.3 Å². The third-order valence-electron chi connectivity index (χ3n) is 3.26. The van der Waals surface area contributed by atoms with Gasteiger partial charge in [0.2, 0.25) is 0 Å². The molecule has 2 rings (SSSR count). The van der Waals surface area contributed by atoms with Gasteiger partial charge in [0.25, 0.3) is 5.91 Å². The summed E-state index contributed by atoms with van der Waals surface area (Å²) in [6.07, 6.45) is -1.19. The Hall–Kier alpha value is -1.92. The number of nitrogens with zero attached hydrogens (tertiary/aromatic N) is 1. The SMILES string of the molecule is CC1(OCC(=O)O)CN(C(=O)C(O)c2ccccc2)C1. The number of carboxylic acids is 1. The first-order valence-electron chi connectivity index (χ1n) is 6.29. The number of benzene rings is 1. The molecule has 1 aromatic carbocycles. The lowest BCUT2D eigenvalue weighted by Gasteiger charge is -2.47. The Labute approximate surface area is 116 Å². The molecule has 1 aliphatic rings. The van der Waals surface area contributed by atoms with E-state index in [-0.39, 0.29) is 19.7 Å². The normalized spacial score (nSPS) is 18.2. The number of aliphatic hydroxyl groups is 1. The number of carboxylic acid groups (broad SMARTS) is 1. The average Bonchev–Trinajstić information content (AvgIpc) is 2.41. The highest BCUT2D eigenvalue weighted by atomic mass is 16.5. The van der Waals surface area contributed by atoms with Crippen molar-refractivity contribution in [2.24, 2.45) is 0 Å². The zero-order chi connectivity index (χ0) is 14.8. The van der Waals surface area contributed by atoms with Crippen molar-refractivity contribution in [2.75, 3.05) is 19.7 Å². The summed E-state index contributed by atoms with van der Waals surface area (Å²) in [4.78, 5) is 24.0. The Bertz CT molecular complexity index is 496. The molecule has 1 aliphatic heterocycles. The van der Waals surface area contributed by atoms with Crippen LogP contribution in [0, 0.1) is 0 Å². The lowest BCUT2D eigenvalue weighted by Crippen LogP contribution is -2.64. The number of likely N-dealkylation sites (tertiary alicyclic amines) is 1. The van der Waals surface area contributed by atoms with Crippen molar-refractivity contribution in [3.05, 3.63) is 35.9 Å². The van der Waals surface area contributed by atoms with Crippen molar-refractivity contribution in [3.8, 4) is 0 Å². The van der Waals surface area contributed by atoms with Gasteiger partial charge in [0.15, 0.2) is 6.10 Å². The fourth-order valence-electron chi connectivity index (χ4n) is 2.20. The van der Waals surface area contributed by atoms with Crippen LogP contribution in [0.15, 0.2) is 30.3 Å². The molecular weight excluding hydrogens is 262 g/mol. The number of carbonyl (C=O) groups is 2. The molecule has 2 N–H and O–H groups in total. The Morgan fingerprint density at radius 2 is 1.95 bits per heavy atom. The standard InChI is InChI=1S/C14H17NO5/c1-14(20-7-11(16)17)8-15(9-14)13(19)12(18)10-5-3-2-4-6-10/h2-6,12,18H,7-9H2,1H3,(H,16,17). The smallest absolute Gasteiger partial charge is 0.329 e. The van der Waals surface area contributed by atoms with Crippen molar-refractivity contribution in [1.82, 2.24) is 4.90 Å². The maximum Gasteiger partial charge on any atom is 0.329 e. The maximum atomic E-state index is 12.1. The van der Waals surface area contributed by atoms with Gasteiger partial charge in [-0.05, 0) is 12.5 Å². The van der Waals surface area contributed by atoms with E-state index in [4.69, 9.17) is 9.84 Å². The lowest BCUT2D eigenvalue weighted by atomic mass is 9.94. The van der Waals surface area contributed by atoms with Crippen molar-refractivity contribution in [1.29, 1.82) is 0 Å². The zero-order valence-corrected chi connectivity index (χ0v) is 11.2. The van der Waals surface area contributed by atoms with E-state index in [1.807, 2.05) is 0 Å². The van der Waals surface area contributed by atoms with Gasteiger partial charge >= 0.3 is 5.97 Å². The predicted molar refractivity (Wildman–Crippen MR) is 70.0 cm³/mol. The van der Waals surface area contributed by atoms with E-state index in [1.54, 1.807) is 37.3 Å². The third-order valence-corrected chi connectivity index (χ3v) is 3.26. The van der Waals surface area contributed by atoms with E-state index in [9.17, 15) is 14.7 Å². The fraction of sp³-hybridized carbons (Fsp3) is 0.429. The van der Waals surface area contributed by atoms with Crippen LogP contribution in [0.1, 0.15) is 18.6 Å². The summed E-state index contributed by atoms with van der Waals surface area (Å²) in [5.41, 5.74) is -0.109. The second kappa shape index (κ2) is 5.60. The summed E-state index contributed by atoms with van der Waals surface area (Å²) in [5.74, 6) is -1.44. The summed E-state index contributed by atoms with van der Waals surface area (Å²) in [6, 6.07) is 8.68. The van der Waals surface area contributed by atoms with Gasteiger partial charge in [0.1, 0.15) is 12.2 Å². The highest BCUT2D eigenvalue weighted by Gasteiger charge is 2.44. The molecule has 6 nitrogen and oxygen atoms in total. The lowest BCUT2D eigenvalue weighted by molar-refractivity contribution is -0.178. The minimum absolute atomic E-state index is 0.281. The van der Waals surface area contributed by atoms with Gasteiger partial charge in [0.05, 0.1) is 13.1 Å². The Kier molecular flexibility index (Phi) is 4.06. The molecule has 0 saturated carbocycles. The Morgan fingerprint density at radius 3 is 2.50 bits per heavy atom. The van der Waals surface area contributed by atoms with Gasteiger partial charge in [0, 0.05) is 0 Å². The maximum absolute atomic E-state index is 12.1. The van der Waals surface area contributed by atoms with E-state index >= 15 is 0 Å². The number of rotatable bonds is 5. The topological polar surface area (TPSA) is 87.1 Å². The molecule has 0 radical (unpaired) electrons. The minimum atomic E-state index is -1.19. The molecule has 108 valence electrons. The molecule has 0 spiro atoms. The van der Waals surface area contributed by atoms with Gasteiger partial charge in [-0.2, -0.15) is 0 Å². The molecule has 6 heteroatoms. The van der Waals surface area contributed by atoms with E-state index < -0.39 is 23.6 Å². The number of hydrogen-bond acceptors (Lipinski definition) is 4. The Morgan fingerprint density at radius 1 is 1.35 bits per heavy atom. The number of carbonyl (C=O) groups excluding carboxylic acids is 1. The van der Waals surface area contributed by atoms with Crippen molar-refractivity contribution < 1.29 is 24.5 Å².